The van der Waals surface area contributed by atoms with E-state index >= 15 is 0 Å². The van der Waals surface area contributed by atoms with Gasteiger partial charge < -0.3 is 47.4 Å². The first kappa shape index (κ1) is 89.8. The maximum atomic E-state index is 6.45. The molecule has 10 nitrogen and oxygen atoms in total. The van der Waals surface area contributed by atoms with Crippen LogP contribution < -0.4 is 129 Å². The van der Waals surface area contributed by atoms with Crippen LogP contribution in [-0.4, -0.2) is 33.6 Å². The zero-order chi connectivity index (χ0) is 99.9. The van der Waals surface area contributed by atoms with Crippen LogP contribution in [0.5, 0.6) is 115 Å². The number of hydrogen-bond donors (Lipinski definition) is 0. The first-order valence-corrected chi connectivity index (χ1v) is 51.1. The number of benzene rings is 21. The number of rotatable bonds is 6. The van der Waals surface area contributed by atoms with Gasteiger partial charge in [0.1, 0.15) is 115 Å². The Bertz CT molecular complexity index is 8700. The topological polar surface area (TPSA) is 92.3 Å². The molecule has 21 aromatic carbocycles. The molecule has 0 atom stereocenters. The van der Waals surface area contributed by atoms with E-state index in [1.807, 2.05) is 115 Å². The summed E-state index contributed by atoms with van der Waals surface area (Å²) in [7, 11) is 0. The van der Waals surface area contributed by atoms with Crippen LogP contribution in [0.25, 0.3) is 66.8 Å². The molecule has 706 valence electrons. The minimum absolute atomic E-state index is 0.0458. The van der Waals surface area contributed by atoms with Crippen LogP contribution in [0.3, 0.4) is 0 Å². The summed E-state index contributed by atoms with van der Waals surface area (Å²) < 4.78 is 63.0. The summed E-state index contributed by atoms with van der Waals surface area (Å²) in [5, 5.41) is 0. The highest BCUT2D eigenvalue weighted by Crippen LogP contribution is 2.45. The second-order valence-corrected chi connectivity index (χ2v) is 40.4. The number of ether oxygens (including phenoxy) is 10. The molecule has 0 spiro atoms. The van der Waals surface area contributed by atoms with E-state index in [-0.39, 0.29) is 33.6 Å². The normalized spacial score (nSPS) is 12.9. The van der Waals surface area contributed by atoms with Crippen molar-refractivity contribution in [3.63, 3.8) is 0 Å². The standard InChI is InChI=1S/2C32H23BO2.2C25H17BO2.C20H15BO2/c1-20-6-10-22(11-7-20)24-14-16-28-26(18-24)33-27-19-25(23-12-8-21(2)9-13-23)15-17-29(27)35-31-5-3-4-30(34-28)32(31)33;1-20-6-10-22(11-7-20)24-14-16-26-30(18-24)34-28-4-3-5-29-32(28)33(26)27-17-15-25(19-31(27)35-29)23-12-8-21(2)9-13-23;1-16-9-11-17(12-10-16)18-13-14-22-20(15-18)26-19-5-2-3-6-21(19)27-23-7-4-8-24(28-22)25(23)26;1-16-9-11-17(12-10-16)18-13-14-20-24(15-18)28-23-8-4-7-22-25(23)26(20)19-5-2-3-6-21(19)27-22;1-12-6-8-14-18(10-12)22-16-4-3-5-17-20(16)21(14)15-9-7-13(2)11-19(15)23-17/h2*3-19H,1-2H3;2*2-15H,1H3;3-11H,1-2H3. The summed E-state index contributed by atoms with van der Waals surface area (Å²) in [6, 6.07) is 151. The van der Waals surface area contributed by atoms with E-state index in [1.165, 1.54) is 155 Å². The minimum Gasteiger partial charge on any atom is -0.458 e. The Morgan fingerprint density at radius 2 is 0.262 bits per heavy atom. The molecule has 0 radical (unpaired) electrons. The fourth-order valence-corrected chi connectivity index (χ4v) is 22.8. The Morgan fingerprint density at radius 1 is 0.107 bits per heavy atom. The smallest absolute Gasteiger partial charge is 0.260 e. The molecule has 10 aliphatic heterocycles. The van der Waals surface area contributed by atoms with Gasteiger partial charge in [-0.25, -0.2) is 0 Å². The Balaban J connectivity index is 0.0000000924. The van der Waals surface area contributed by atoms with E-state index in [2.05, 4.69) is 371 Å². The van der Waals surface area contributed by atoms with Gasteiger partial charge in [-0.05, 0) is 309 Å². The number of hydrogen-bond acceptors (Lipinski definition) is 10. The van der Waals surface area contributed by atoms with E-state index in [0.717, 1.165) is 153 Å². The summed E-state index contributed by atoms with van der Waals surface area (Å²) in [5.41, 5.74) is 41.7. The molecule has 0 saturated carbocycles. The predicted molar refractivity (Wildman–Crippen MR) is 611 cm³/mol. The SMILES string of the molecule is Cc1ccc(-c2ccc3c(c2)B2c4cc(-c5ccc(C)cc5)ccc4Oc4cccc(c42)O3)cc1.Cc1ccc(-c2ccc3c(c2)B2c4ccccc4Oc4cccc(c42)O3)cc1.Cc1ccc(-c2ccc3c(c2)Oc2cccc4c2B3c2ccc(-c3ccc(C)cc3)cc2O4)cc1.Cc1ccc(-c2ccc3c(c2)Oc2cccc4c2B3c2ccccc2O4)cc1.Cc1ccc2c(c1)Oc1cccc3c1B2c1ccc(C)cc1O3. The van der Waals surface area contributed by atoms with Crippen LogP contribution >= 0.6 is 0 Å². The lowest BCUT2D eigenvalue weighted by molar-refractivity contribution is 0.463. The van der Waals surface area contributed by atoms with Crippen molar-refractivity contribution < 1.29 is 47.4 Å². The summed E-state index contributed by atoms with van der Waals surface area (Å²) in [6.45, 7) is 17.4. The maximum Gasteiger partial charge on any atom is 0.260 e. The molecule has 0 unspecified atom stereocenters. The van der Waals surface area contributed by atoms with Gasteiger partial charge in [-0.3, -0.25) is 0 Å². The molecule has 31 rings (SSSR count). The lowest BCUT2D eigenvalue weighted by Gasteiger charge is -2.33. The zero-order valence-corrected chi connectivity index (χ0v) is 83.5. The van der Waals surface area contributed by atoms with Crippen molar-refractivity contribution in [2.24, 2.45) is 0 Å². The average Bonchev–Trinajstić information content (AvgIpc) is 0.747. The molecule has 0 N–H and O–H groups in total. The molecule has 10 aliphatic rings. The average molecular weight is 1920 g/mol. The molecule has 0 bridgehead atoms. The Morgan fingerprint density at radius 3 is 0.503 bits per heavy atom. The third-order valence-electron chi connectivity index (χ3n) is 30.4. The molecule has 0 aliphatic carbocycles. The van der Waals surface area contributed by atoms with E-state index in [0.29, 0.717) is 0 Å². The van der Waals surface area contributed by atoms with Gasteiger partial charge in [0, 0.05) is 27.3 Å². The van der Waals surface area contributed by atoms with Crippen LogP contribution in [0.1, 0.15) is 44.5 Å². The van der Waals surface area contributed by atoms with Crippen LogP contribution in [0.4, 0.5) is 0 Å². The van der Waals surface area contributed by atoms with Crippen molar-refractivity contribution in [3.05, 3.63) is 475 Å². The first-order valence-electron chi connectivity index (χ1n) is 51.1. The third-order valence-corrected chi connectivity index (χ3v) is 30.4. The third kappa shape index (κ3) is 16.2. The first-order chi connectivity index (χ1) is 73.0. The highest BCUT2D eigenvalue weighted by Gasteiger charge is 2.47. The number of para-hydroxylation sites is 2. The summed E-state index contributed by atoms with van der Waals surface area (Å²) in [6.07, 6.45) is 0. The largest absolute Gasteiger partial charge is 0.458 e. The molecule has 149 heavy (non-hydrogen) atoms. The summed E-state index contributed by atoms with van der Waals surface area (Å²) in [4.78, 5) is 0. The second-order valence-electron chi connectivity index (χ2n) is 40.4. The van der Waals surface area contributed by atoms with Gasteiger partial charge in [-0.1, -0.05) is 343 Å². The van der Waals surface area contributed by atoms with Crippen molar-refractivity contribution in [2.75, 3.05) is 0 Å². The van der Waals surface area contributed by atoms with Gasteiger partial charge in [0.05, 0.1) is 0 Å². The Hall–Kier alpha value is -18.1. The van der Waals surface area contributed by atoms with Gasteiger partial charge in [0.25, 0.3) is 33.6 Å². The van der Waals surface area contributed by atoms with Crippen LogP contribution in [0.2, 0.25) is 0 Å². The Kier molecular flexibility index (Phi) is 22.1. The van der Waals surface area contributed by atoms with E-state index < -0.39 is 0 Å². The highest BCUT2D eigenvalue weighted by molar-refractivity contribution is 7.01. The number of fused-ring (bicyclic) bond motifs is 20. The predicted octanol–water partition coefficient (Wildman–Crippen LogP) is 24.5. The molecule has 0 saturated heterocycles. The van der Waals surface area contributed by atoms with Crippen molar-refractivity contribution in [1.82, 2.24) is 0 Å². The van der Waals surface area contributed by atoms with Gasteiger partial charge in [-0.15, -0.1) is 0 Å². The van der Waals surface area contributed by atoms with Gasteiger partial charge in [0.2, 0.25) is 0 Å². The lowest BCUT2D eigenvalue weighted by Crippen LogP contribution is -2.57. The fourth-order valence-electron chi connectivity index (χ4n) is 22.8. The highest BCUT2D eigenvalue weighted by atomic mass is 16.5. The monoisotopic (exact) mass is 1920 g/mol. The molecule has 0 amide bonds. The maximum absolute atomic E-state index is 6.45. The number of aryl methyl sites for hydroxylation is 8. The zero-order valence-electron chi connectivity index (χ0n) is 83.5. The van der Waals surface area contributed by atoms with Crippen LogP contribution in [0, 0.1) is 55.4 Å². The van der Waals surface area contributed by atoms with E-state index in [1.54, 1.807) is 0 Å². The molecule has 21 aromatic rings. The summed E-state index contributed by atoms with van der Waals surface area (Å²) in [5.74, 6) is 18.0. The van der Waals surface area contributed by atoms with Gasteiger partial charge >= 0.3 is 0 Å². The van der Waals surface area contributed by atoms with Gasteiger partial charge in [0.15, 0.2) is 0 Å². The Labute approximate surface area is 869 Å². The van der Waals surface area contributed by atoms with Crippen molar-refractivity contribution >= 4 is 116 Å². The van der Waals surface area contributed by atoms with Crippen LogP contribution in [0.15, 0.2) is 431 Å². The molecule has 0 fully saturated rings. The quantitative estimate of drug-likeness (QED) is 0.150. The molecular weight excluding hydrogens is 1820 g/mol. The molecule has 10 heterocycles. The van der Waals surface area contributed by atoms with Crippen molar-refractivity contribution in [2.45, 2.75) is 55.4 Å². The lowest BCUT2D eigenvalue weighted by atomic mass is 9.34. The summed E-state index contributed by atoms with van der Waals surface area (Å²) >= 11 is 0. The van der Waals surface area contributed by atoms with E-state index in [9.17, 15) is 0 Å². The molecule has 0 aromatic heterocycles. The van der Waals surface area contributed by atoms with Crippen molar-refractivity contribution in [3.8, 4) is 182 Å². The molecule has 15 heteroatoms. The van der Waals surface area contributed by atoms with E-state index in [4.69, 9.17) is 47.4 Å². The fraction of sp³-hybridized carbons (Fsp3) is 0.0597. The van der Waals surface area contributed by atoms with Crippen LogP contribution in [-0.2, 0) is 0 Å². The minimum atomic E-state index is 0.0458. The van der Waals surface area contributed by atoms with Crippen molar-refractivity contribution in [1.29, 1.82) is 0 Å². The second kappa shape index (κ2) is 36.6. The van der Waals surface area contributed by atoms with Gasteiger partial charge in [-0.2, -0.15) is 0 Å². The molecular formula is C134H95B5O10.